The van der Waals surface area contributed by atoms with Gasteiger partial charge in [-0.1, -0.05) is 11.6 Å². The molecule has 2 rings (SSSR count). The van der Waals surface area contributed by atoms with E-state index in [1.165, 1.54) is 11.3 Å². The molecule has 2 nitrogen and oxygen atoms in total. The van der Waals surface area contributed by atoms with Crippen molar-refractivity contribution in [2.75, 3.05) is 0 Å². The molecule has 0 bridgehead atoms. The molecule has 14 heavy (non-hydrogen) atoms. The van der Waals surface area contributed by atoms with Crippen LogP contribution in [0.2, 0.25) is 5.02 Å². The van der Waals surface area contributed by atoms with E-state index in [9.17, 15) is 8.76 Å². The van der Waals surface area contributed by atoms with Crippen molar-refractivity contribution in [1.29, 1.82) is 0 Å². The smallest absolute Gasteiger partial charge is 0.768 e. The van der Waals surface area contributed by atoms with E-state index in [0.717, 1.165) is 10.1 Å². The zero-order chi connectivity index (χ0) is 9.42. The van der Waals surface area contributed by atoms with Crippen LogP contribution in [0.1, 0.15) is 0 Å². The predicted molar refractivity (Wildman–Crippen MR) is 54.0 cm³/mol. The van der Waals surface area contributed by atoms with Crippen LogP contribution in [0, 0.1) is 0 Å². The van der Waals surface area contributed by atoms with Crippen LogP contribution in [-0.2, 0) is 11.1 Å². The molecule has 1 aromatic heterocycles. The Morgan fingerprint density at radius 1 is 1.36 bits per heavy atom. The Morgan fingerprint density at radius 2 is 2.07 bits per heavy atom. The maximum Gasteiger partial charge on any atom is 1.00 e. The molecule has 0 aliphatic heterocycles. The molecule has 0 aliphatic rings. The zero-order valence-electron chi connectivity index (χ0n) is 7.32. The summed E-state index contributed by atoms with van der Waals surface area (Å²) in [7, 11) is 0. The predicted octanol–water partition coefficient (Wildman–Crippen LogP) is -0.203. The van der Waals surface area contributed by atoms with Gasteiger partial charge in [0.2, 0.25) is 0 Å². The molecular weight excluding hydrogens is 251 g/mol. The SMILES string of the molecule is O=S([O-])c1cc2cc(Cl)ccc2s1.[Na+]. The fourth-order valence-electron chi connectivity index (χ4n) is 1.07. The summed E-state index contributed by atoms with van der Waals surface area (Å²) in [5.74, 6) is 0. The van der Waals surface area contributed by atoms with Gasteiger partial charge in [0, 0.05) is 9.72 Å². The largest absolute Gasteiger partial charge is 1.00 e. The monoisotopic (exact) mass is 254 g/mol. The van der Waals surface area contributed by atoms with Gasteiger partial charge < -0.3 is 4.55 Å². The number of hydrogen-bond donors (Lipinski definition) is 0. The fourth-order valence-corrected chi connectivity index (χ4v) is 2.79. The summed E-state index contributed by atoms with van der Waals surface area (Å²) < 4.78 is 22.5. The normalized spacial score (nSPS) is 12.4. The third kappa shape index (κ3) is 2.58. The van der Waals surface area contributed by atoms with Gasteiger partial charge in [-0.2, -0.15) is 0 Å². The van der Waals surface area contributed by atoms with Crippen molar-refractivity contribution in [3.63, 3.8) is 0 Å². The van der Waals surface area contributed by atoms with Crippen LogP contribution < -0.4 is 29.6 Å². The van der Waals surface area contributed by atoms with Crippen LogP contribution >= 0.6 is 22.9 Å². The van der Waals surface area contributed by atoms with Crippen molar-refractivity contribution in [2.45, 2.75) is 4.21 Å². The first kappa shape index (κ1) is 12.6. The average Bonchev–Trinajstić information content (AvgIpc) is 2.46. The summed E-state index contributed by atoms with van der Waals surface area (Å²) in [6.45, 7) is 0. The second kappa shape index (κ2) is 5.07. The van der Waals surface area contributed by atoms with Gasteiger partial charge in [-0.3, -0.25) is 4.21 Å². The molecule has 1 aromatic carbocycles. The maximum atomic E-state index is 10.6. The molecule has 0 amide bonds. The van der Waals surface area contributed by atoms with Gasteiger partial charge in [0.15, 0.2) is 0 Å². The van der Waals surface area contributed by atoms with Crippen LogP contribution in [0.5, 0.6) is 0 Å². The number of fused-ring (bicyclic) bond motifs is 1. The van der Waals surface area contributed by atoms with Crippen LogP contribution in [-0.4, -0.2) is 8.76 Å². The Morgan fingerprint density at radius 3 is 2.71 bits per heavy atom. The van der Waals surface area contributed by atoms with Crippen molar-refractivity contribution in [2.24, 2.45) is 0 Å². The van der Waals surface area contributed by atoms with Gasteiger partial charge in [0.1, 0.15) is 0 Å². The number of hydrogen-bond acceptors (Lipinski definition) is 3. The second-order valence-electron chi connectivity index (χ2n) is 2.48. The first-order valence-electron chi connectivity index (χ1n) is 3.45. The standard InChI is InChI=1S/C8H5ClO2S2.Na/c9-6-1-2-7-5(3-6)4-8(12-7)13(10)11;/h1-4H,(H,10,11);/q;+1/p-1. The van der Waals surface area contributed by atoms with Crippen molar-refractivity contribution in [3.05, 3.63) is 29.3 Å². The van der Waals surface area contributed by atoms with Gasteiger partial charge in [0.25, 0.3) is 0 Å². The summed E-state index contributed by atoms with van der Waals surface area (Å²) >= 11 is 4.86. The second-order valence-corrected chi connectivity index (χ2v) is 5.17. The van der Waals surface area contributed by atoms with Crippen molar-refractivity contribution in [1.82, 2.24) is 0 Å². The fraction of sp³-hybridized carbons (Fsp3) is 0. The van der Waals surface area contributed by atoms with Crippen LogP contribution in [0.25, 0.3) is 10.1 Å². The van der Waals surface area contributed by atoms with Gasteiger partial charge in [-0.15, -0.1) is 11.3 Å². The zero-order valence-corrected chi connectivity index (χ0v) is 11.7. The van der Waals surface area contributed by atoms with E-state index in [-0.39, 0.29) is 29.6 Å². The molecule has 0 aliphatic carbocycles. The molecule has 1 atom stereocenters. The summed E-state index contributed by atoms with van der Waals surface area (Å²) in [6.07, 6.45) is 0. The minimum Gasteiger partial charge on any atom is -0.768 e. The average molecular weight is 255 g/mol. The molecule has 0 radical (unpaired) electrons. The third-order valence-corrected chi connectivity index (χ3v) is 3.87. The molecule has 0 saturated heterocycles. The molecule has 0 saturated carbocycles. The number of thiophene rings is 1. The first-order chi connectivity index (χ1) is 6.16. The van der Waals surface area contributed by atoms with Gasteiger partial charge in [0.05, 0.1) is 4.21 Å². The summed E-state index contributed by atoms with van der Waals surface area (Å²) in [6, 6.07) is 6.94. The van der Waals surface area contributed by atoms with Gasteiger partial charge >= 0.3 is 29.6 Å². The molecule has 0 N–H and O–H groups in total. The van der Waals surface area contributed by atoms with Crippen LogP contribution in [0.15, 0.2) is 28.5 Å². The van der Waals surface area contributed by atoms with Crippen molar-refractivity contribution < 1.29 is 38.3 Å². The molecule has 2 aromatic rings. The van der Waals surface area contributed by atoms with E-state index < -0.39 is 11.1 Å². The van der Waals surface area contributed by atoms with E-state index in [4.69, 9.17) is 11.6 Å². The van der Waals surface area contributed by atoms with Crippen LogP contribution in [0.3, 0.4) is 0 Å². The molecule has 6 heteroatoms. The van der Waals surface area contributed by atoms with Gasteiger partial charge in [-0.25, -0.2) is 0 Å². The van der Waals surface area contributed by atoms with Gasteiger partial charge in [-0.05, 0) is 40.7 Å². The third-order valence-electron chi connectivity index (χ3n) is 1.62. The topological polar surface area (TPSA) is 40.1 Å². The Hall–Kier alpha value is 0.580. The molecule has 0 spiro atoms. The minimum atomic E-state index is -2.14. The Kier molecular flexibility index (Phi) is 4.58. The maximum absolute atomic E-state index is 10.6. The molecule has 0 fully saturated rings. The van der Waals surface area contributed by atoms with E-state index in [2.05, 4.69) is 0 Å². The first-order valence-corrected chi connectivity index (χ1v) is 5.72. The summed E-state index contributed by atoms with van der Waals surface area (Å²) in [4.78, 5) is 0. The number of rotatable bonds is 1. The van der Waals surface area contributed by atoms with E-state index in [1.54, 1.807) is 18.2 Å². The van der Waals surface area contributed by atoms with Crippen LogP contribution in [0.4, 0.5) is 0 Å². The minimum absolute atomic E-state index is 0. The molecule has 1 heterocycles. The molecular formula is C8H4ClNaO2S2. The quantitative estimate of drug-likeness (QED) is 0.522. The molecule has 1 unspecified atom stereocenters. The summed E-state index contributed by atoms with van der Waals surface area (Å²) in [5, 5.41) is 1.49. The molecule has 68 valence electrons. The van der Waals surface area contributed by atoms with Crippen molar-refractivity contribution in [3.8, 4) is 0 Å². The number of benzene rings is 1. The van der Waals surface area contributed by atoms with E-state index in [1.807, 2.05) is 6.07 Å². The van der Waals surface area contributed by atoms with Crippen molar-refractivity contribution >= 4 is 44.1 Å². The van der Waals surface area contributed by atoms with E-state index >= 15 is 0 Å². The van der Waals surface area contributed by atoms with E-state index in [0.29, 0.717) is 9.23 Å². The number of halogens is 1. The Balaban J connectivity index is 0.000000980. The Bertz CT molecular complexity index is 483. The Labute approximate surface area is 115 Å². The summed E-state index contributed by atoms with van der Waals surface area (Å²) in [5.41, 5.74) is 0.